The third-order valence-corrected chi connectivity index (χ3v) is 6.23. The standard InChI is InChI=1S/C18H20N4O2S/c1-12(15-19-20-16(25-15)13-6-3-2-4-7-13)21-10-11-22(14-8-5-9-14)18(24)17(21)23/h2-4,6-7,12,14H,5,8-11H2,1H3/t12-/m0/s1. The molecule has 2 heterocycles. The third kappa shape index (κ3) is 2.93. The molecule has 1 atom stereocenters. The van der Waals surface area contributed by atoms with Crippen LogP contribution in [0.25, 0.3) is 10.6 Å². The number of amides is 2. The second-order valence-corrected chi connectivity index (χ2v) is 7.58. The highest BCUT2D eigenvalue weighted by Crippen LogP contribution is 2.32. The van der Waals surface area contributed by atoms with Crippen molar-refractivity contribution in [3.05, 3.63) is 35.3 Å². The van der Waals surface area contributed by atoms with Crippen LogP contribution in [-0.4, -0.2) is 50.9 Å². The van der Waals surface area contributed by atoms with Crippen molar-refractivity contribution in [2.45, 2.75) is 38.3 Å². The molecule has 1 saturated carbocycles. The van der Waals surface area contributed by atoms with Gasteiger partial charge in [-0.15, -0.1) is 10.2 Å². The van der Waals surface area contributed by atoms with Crippen LogP contribution in [0.3, 0.4) is 0 Å². The van der Waals surface area contributed by atoms with E-state index in [0.717, 1.165) is 34.8 Å². The van der Waals surface area contributed by atoms with Gasteiger partial charge in [0.2, 0.25) is 0 Å². The van der Waals surface area contributed by atoms with E-state index in [2.05, 4.69) is 10.2 Å². The minimum absolute atomic E-state index is 0.241. The molecule has 130 valence electrons. The van der Waals surface area contributed by atoms with Crippen molar-refractivity contribution in [2.75, 3.05) is 13.1 Å². The van der Waals surface area contributed by atoms with Crippen LogP contribution in [0.15, 0.2) is 30.3 Å². The van der Waals surface area contributed by atoms with Crippen molar-refractivity contribution in [1.82, 2.24) is 20.0 Å². The van der Waals surface area contributed by atoms with Gasteiger partial charge in [0.05, 0.1) is 6.04 Å². The van der Waals surface area contributed by atoms with E-state index in [1.807, 2.05) is 37.3 Å². The van der Waals surface area contributed by atoms with E-state index in [-0.39, 0.29) is 18.0 Å². The summed E-state index contributed by atoms with van der Waals surface area (Å²) >= 11 is 1.47. The number of carbonyl (C=O) groups excluding carboxylic acids is 2. The number of hydrogen-bond donors (Lipinski definition) is 0. The van der Waals surface area contributed by atoms with Crippen molar-refractivity contribution in [1.29, 1.82) is 0 Å². The molecule has 0 radical (unpaired) electrons. The summed E-state index contributed by atoms with van der Waals surface area (Å²) in [6.07, 6.45) is 3.19. The predicted molar refractivity (Wildman–Crippen MR) is 94.8 cm³/mol. The molecule has 25 heavy (non-hydrogen) atoms. The lowest BCUT2D eigenvalue weighted by Gasteiger charge is -2.43. The monoisotopic (exact) mass is 356 g/mol. The van der Waals surface area contributed by atoms with Crippen molar-refractivity contribution < 1.29 is 9.59 Å². The van der Waals surface area contributed by atoms with Gasteiger partial charge in [-0.3, -0.25) is 9.59 Å². The number of carbonyl (C=O) groups is 2. The summed E-state index contributed by atoms with van der Waals surface area (Å²) < 4.78 is 0. The van der Waals surface area contributed by atoms with E-state index in [4.69, 9.17) is 0 Å². The number of hydrogen-bond acceptors (Lipinski definition) is 5. The first-order valence-electron chi connectivity index (χ1n) is 8.65. The van der Waals surface area contributed by atoms with E-state index >= 15 is 0 Å². The van der Waals surface area contributed by atoms with Gasteiger partial charge >= 0.3 is 11.8 Å². The van der Waals surface area contributed by atoms with Crippen LogP contribution in [0.1, 0.15) is 37.2 Å². The lowest BCUT2D eigenvalue weighted by molar-refractivity contribution is -0.160. The molecule has 4 rings (SSSR count). The number of benzene rings is 1. The minimum Gasteiger partial charge on any atom is -0.330 e. The van der Waals surface area contributed by atoms with Gasteiger partial charge < -0.3 is 9.80 Å². The quantitative estimate of drug-likeness (QED) is 0.790. The summed E-state index contributed by atoms with van der Waals surface area (Å²) in [5.74, 6) is -0.780. The van der Waals surface area contributed by atoms with E-state index in [1.165, 1.54) is 11.3 Å². The van der Waals surface area contributed by atoms with Crippen LogP contribution in [0.5, 0.6) is 0 Å². The first kappa shape index (κ1) is 16.2. The van der Waals surface area contributed by atoms with Crippen molar-refractivity contribution in [3.63, 3.8) is 0 Å². The average molecular weight is 356 g/mol. The maximum Gasteiger partial charge on any atom is 0.312 e. The van der Waals surface area contributed by atoms with Crippen LogP contribution in [-0.2, 0) is 9.59 Å². The topological polar surface area (TPSA) is 66.4 Å². The van der Waals surface area contributed by atoms with Gasteiger partial charge in [-0.05, 0) is 26.2 Å². The van der Waals surface area contributed by atoms with Crippen molar-refractivity contribution >= 4 is 23.2 Å². The molecule has 0 unspecified atom stereocenters. The summed E-state index contributed by atoms with van der Waals surface area (Å²) in [5.41, 5.74) is 1.01. The molecule has 1 saturated heterocycles. The molecule has 0 bridgehead atoms. The second-order valence-electron chi connectivity index (χ2n) is 6.57. The molecule has 1 aromatic carbocycles. The van der Waals surface area contributed by atoms with E-state index in [0.29, 0.717) is 13.1 Å². The molecule has 2 aliphatic rings. The lowest BCUT2D eigenvalue weighted by Crippen LogP contribution is -2.58. The number of piperazine rings is 1. The van der Waals surface area contributed by atoms with E-state index in [1.54, 1.807) is 9.80 Å². The van der Waals surface area contributed by atoms with Gasteiger partial charge in [0.25, 0.3) is 0 Å². The Bertz CT molecular complexity index is 787. The lowest BCUT2D eigenvalue weighted by atomic mass is 9.91. The summed E-state index contributed by atoms with van der Waals surface area (Å²) in [7, 11) is 0. The largest absolute Gasteiger partial charge is 0.330 e. The predicted octanol–water partition coefficient (Wildman–Crippen LogP) is 2.49. The maximum absolute atomic E-state index is 12.6. The summed E-state index contributed by atoms with van der Waals surface area (Å²) in [4.78, 5) is 28.4. The maximum atomic E-state index is 12.6. The summed E-state index contributed by atoms with van der Waals surface area (Å²) in [5, 5.41) is 10.1. The third-order valence-electron chi connectivity index (χ3n) is 5.09. The zero-order chi connectivity index (χ0) is 17.4. The first-order valence-corrected chi connectivity index (χ1v) is 9.47. The Morgan fingerprint density at radius 2 is 1.84 bits per heavy atom. The van der Waals surface area contributed by atoms with Gasteiger partial charge in [0.1, 0.15) is 10.0 Å². The van der Waals surface area contributed by atoms with Crippen LogP contribution in [0.4, 0.5) is 0 Å². The summed E-state index contributed by atoms with van der Waals surface area (Å²) in [6, 6.07) is 9.88. The number of aromatic nitrogens is 2. The summed E-state index contributed by atoms with van der Waals surface area (Å²) in [6.45, 7) is 3.09. The SMILES string of the molecule is C[C@@H](c1nnc(-c2ccccc2)s1)N1CCN(C2CCC2)C(=O)C1=O. The molecule has 0 N–H and O–H groups in total. The van der Waals surface area contributed by atoms with Crippen LogP contribution in [0, 0.1) is 0 Å². The number of nitrogens with zero attached hydrogens (tertiary/aromatic N) is 4. The normalized spacial score (nSPS) is 19.9. The highest BCUT2D eigenvalue weighted by atomic mass is 32.1. The van der Waals surface area contributed by atoms with E-state index < -0.39 is 5.91 Å². The minimum atomic E-state index is -0.415. The highest BCUT2D eigenvalue weighted by molar-refractivity contribution is 7.14. The molecular weight excluding hydrogens is 336 g/mol. The fourth-order valence-corrected chi connectivity index (χ4v) is 4.23. The Balaban J connectivity index is 1.49. The molecule has 6 nitrogen and oxygen atoms in total. The highest BCUT2D eigenvalue weighted by Gasteiger charge is 2.40. The van der Waals surface area contributed by atoms with Gasteiger partial charge in [-0.2, -0.15) is 0 Å². The number of rotatable bonds is 4. The molecule has 1 aromatic heterocycles. The molecule has 2 fully saturated rings. The van der Waals surface area contributed by atoms with Crippen LogP contribution in [0.2, 0.25) is 0 Å². The molecule has 2 amide bonds. The van der Waals surface area contributed by atoms with Gasteiger partial charge in [0, 0.05) is 24.7 Å². The van der Waals surface area contributed by atoms with Gasteiger partial charge in [-0.25, -0.2) is 0 Å². The van der Waals surface area contributed by atoms with Crippen molar-refractivity contribution in [2.24, 2.45) is 0 Å². The fourth-order valence-electron chi connectivity index (χ4n) is 3.31. The van der Waals surface area contributed by atoms with E-state index in [9.17, 15) is 9.59 Å². The van der Waals surface area contributed by atoms with Crippen LogP contribution < -0.4 is 0 Å². The van der Waals surface area contributed by atoms with Gasteiger partial charge in [-0.1, -0.05) is 41.7 Å². The Labute approximate surface area is 150 Å². The zero-order valence-electron chi connectivity index (χ0n) is 14.1. The molecule has 1 aliphatic heterocycles. The van der Waals surface area contributed by atoms with Crippen molar-refractivity contribution in [3.8, 4) is 10.6 Å². The Kier molecular flexibility index (Phi) is 4.25. The average Bonchev–Trinajstić information content (AvgIpc) is 3.08. The van der Waals surface area contributed by atoms with Gasteiger partial charge in [0.15, 0.2) is 0 Å². The zero-order valence-corrected chi connectivity index (χ0v) is 14.9. The molecule has 1 aliphatic carbocycles. The fraction of sp³-hybridized carbons (Fsp3) is 0.444. The van der Waals surface area contributed by atoms with Crippen LogP contribution >= 0.6 is 11.3 Å². The Morgan fingerprint density at radius 1 is 1.08 bits per heavy atom. The second kappa shape index (κ2) is 6.55. The Morgan fingerprint density at radius 3 is 2.52 bits per heavy atom. The molecule has 0 spiro atoms. The molecule has 2 aromatic rings. The molecular formula is C18H20N4O2S. The first-order chi connectivity index (χ1) is 12.1. The smallest absolute Gasteiger partial charge is 0.312 e. The Hall–Kier alpha value is -2.28. The molecule has 7 heteroatoms.